The molecule has 4 aromatic rings. The summed E-state index contributed by atoms with van der Waals surface area (Å²) in [6.45, 7) is 7.06. The first-order valence-electron chi connectivity index (χ1n) is 11.3. The van der Waals surface area contributed by atoms with Crippen molar-refractivity contribution in [1.82, 2.24) is 19.9 Å². The van der Waals surface area contributed by atoms with E-state index in [2.05, 4.69) is 42.0 Å². The Hall–Kier alpha value is -4.53. The van der Waals surface area contributed by atoms with Crippen LogP contribution in [0.3, 0.4) is 0 Å². The smallest absolute Gasteiger partial charge is 0.324 e. The molecule has 0 aliphatic carbocycles. The Morgan fingerprint density at radius 1 is 1.11 bits per heavy atom. The van der Waals surface area contributed by atoms with Gasteiger partial charge < -0.3 is 15.2 Å². The summed E-state index contributed by atoms with van der Waals surface area (Å²) in [5, 5.41) is 6.60. The van der Waals surface area contributed by atoms with Crippen LogP contribution in [0.15, 0.2) is 67.6 Å². The van der Waals surface area contributed by atoms with Crippen LogP contribution in [0, 0.1) is 12.8 Å². The zero-order valence-corrected chi connectivity index (χ0v) is 19.3. The number of hydrogen-bond acceptors (Lipinski definition) is 6. The number of ketones is 1. The first-order valence-corrected chi connectivity index (χ1v) is 11.3. The van der Waals surface area contributed by atoms with E-state index in [-0.39, 0.29) is 11.8 Å². The van der Waals surface area contributed by atoms with Crippen LogP contribution < -0.4 is 15.5 Å². The molecule has 9 heteroatoms. The minimum Gasteiger partial charge on any atom is -0.371 e. The molecule has 0 spiro atoms. The maximum absolute atomic E-state index is 12.5. The molecule has 3 aromatic heterocycles. The first-order chi connectivity index (χ1) is 17.0. The summed E-state index contributed by atoms with van der Waals surface area (Å²) in [7, 11) is 0. The maximum Gasteiger partial charge on any atom is 0.324 e. The number of benzene rings is 1. The predicted molar refractivity (Wildman–Crippen MR) is 136 cm³/mol. The number of amides is 2. The van der Waals surface area contributed by atoms with Gasteiger partial charge in [0.2, 0.25) is 0 Å². The van der Waals surface area contributed by atoms with Crippen LogP contribution in [0.2, 0.25) is 0 Å². The monoisotopic (exact) mass is 467 g/mol. The third-order valence-electron chi connectivity index (χ3n) is 6.10. The molecule has 176 valence electrons. The average Bonchev–Trinajstić information content (AvgIpc) is 3.27. The average molecular weight is 468 g/mol. The van der Waals surface area contributed by atoms with Gasteiger partial charge in [-0.05, 0) is 42.8 Å². The summed E-state index contributed by atoms with van der Waals surface area (Å²) in [6.07, 6.45) is 5.10. The molecule has 35 heavy (non-hydrogen) atoms. The van der Waals surface area contributed by atoms with E-state index in [1.807, 2.05) is 49.4 Å². The Labute approximate surface area is 202 Å². The van der Waals surface area contributed by atoms with Gasteiger partial charge in [0, 0.05) is 60.1 Å². The van der Waals surface area contributed by atoms with Crippen molar-refractivity contribution in [2.45, 2.75) is 13.3 Å². The van der Waals surface area contributed by atoms with Crippen LogP contribution in [-0.2, 0) is 4.79 Å². The number of pyridine rings is 1. The second-order valence-electron chi connectivity index (χ2n) is 8.61. The van der Waals surface area contributed by atoms with Crippen molar-refractivity contribution in [2.24, 2.45) is 5.92 Å². The summed E-state index contributed by atoms with van der Waals surface area (Å²) in [6, 6.07) is 12.9. The molecule has 1 aliphatic heterocycles. The molecule has 4 heterocycles. The molecule has 1 saturated heterocycles. The minimum atomic E-state index is -0.378. The standard InChI is InChI=1S/C26H25N7O2/c1-3-21(34)10-17-13-33(14-17)20-8-9-27-24(11-20)32-26(35)30-19-6-4-18(5-7-19)23-12-22-16(2)28-15-29-25(22)31-23/h3-9,11-12,15,17H,1,10,13-14H2,2H3,(H,28,29,31)(H2,27,30,32,35). The number of hydrogen-bond donors (Lipinski definition) is 3. The molecule has 2 amide bonds. The highest BCUT2D eigenvalue weighted by Gasteiger charge is 2.28. The van der Waals surface area contributed by atoms with Gasteiger partial charge in [0.15, 0.2) is 5.78 Å². The Bertz CT molecular complexity index is 1410. The number of nitrogens with zero attached hydrogens (tertiary/aromatic N) is 4. The molecule has 1 aliphatic rings. The van der Waals surface area contributed by atoms with Gasteiger partial charge in [0.25, 0.3) is 0 Å². The molecule has 0 unspecified atom stereocenters. The number of rotatable bonds is 7. The van der Waals surface area contributed by atoms with Gasteiger partial charge >= 0.3 is 6.03 Å². The van der Waals surface area contributed by atoms with E-state index in [1.165, 1.54) is 6.08 Å². The molecule has 0 radical (unpaired) electrons. The van der Waals surface area contributed by atoms with E-state index in [0.717, 1.165) is 46.8 Å². The minimum absolute atomic E-state index is 0.0715. The molecule has 3 N–H and O–H groups in total. The highest BCUT2D eigenvalue weighted by Crippen LogP contribution is 2.28. The molecule has 0 bridgehead atoms. The second kappa shape index (κ2) is 9.38. The van der Waals surface area contributed by atoms with Crippen molar-refractivity contribution in [2.75, 3.05) is 28.6 Å². The predicted octanol–water partition coefficient (Wildman–Crippen LogP) is 4.55. The van der Waals surface area contributed by atoms with Crippen LogP contribution in [0.5, 0.6) is 0 Å². The fourth-order valence-electron chi connectivity index (χ4n) is 4.19. The lowest BCUT2D eigenvalue weighted by molar-refractivity contribution is -0.115. The number of anilines is 3. The highest BCUT2D eigenvalue weighted by molar-refractivity contribution is 5.99. The number of aryl methyl sites for hydroxylation is 1. The van der Waals surface area contributed by atoms with Crippen LogP contribution in [0.1, 0.15) is 12.1 Å². The van der Waals surface area contributed by atoms with Crippen molar-refractivity contribution in [3.8, 4) is 11.3 Å². The van der Waals surface area contributed by atoms with E-state index >= 15 is 0 Å². The Morgan fingerprint density at radius 3 is 2.66 bits per heavy atom. The van der Waals surface area contributed by atoms with Crippen LogP contribution in [0.25, 0.3) is 22.3 Å². The van der Waals surface area contributed by atoms with Crippen LogP contribution in [0.4, 0.5) is 22.0 Å². The van der Waals surface area contributed by atoms with E-state index in [1.54, 1.807) is 12.5 Å². The number of carbonyl (C=O) groups is 2. The summed E-state index contributed by atoms with van der Waals surface area (Å²) < 4.78 is 0. The maximum atomic E-state index is 12.5. The molecular weight excluding hydrogens is 442 g/mol. The lowest BCUT2D eigenvalue weighted by atomic mass is 9.93. The van der Waals surface area contributed by atoms with Crippen LogP contribution >= 0.6 is 0 Å². The van der Waals surface area contributed by atoms with Crippen molar-refractivity contribution in [3.63, 3.8) is 0 Å². The Balaban J connectivity index is 1.18. The van der Waals surface area contributed by atoms with Gasteiger partial charge in [-0.3, -0.25) is 10.1 Å². The van der Waals surface area contributed by atoms with E-state index in [0.29, 0.717) is 23.8 Å². The van der Waals surface area contributed by atoms with E-state index in [4.69, 9.17) is 0 Å². The van der Waals surface area contributed by atoms with Gasteiger partial charge in [-0.2, -0.15) is 0 Å². The molecular formula is C26H25N7O2. The van der Waals surface area contributed by atoms with E-state index < -0.39 is 0 Å². The molecule has 9 nitrogen and oxygen atoms in total. The van der Waals surface area contributed by atoms with Gasteiger partial charge in [0.05, 0.1) is 5.69 Å². The molecule has 5 rings (SSSR count). The molecule has 1 aromatic carbocycles. The number of allylic oxidation sites excluding steroid dienone is 1. The normalized spacial score (nSPS) is 13.3. The van der Waals surface area contributed by atoms with Crippen LogP contribution in [-0.4, -0.2) is 44.8 Å². The number of carbonyl (C=O) groups excluding carboxylic acids is 2. The van der Waals surface area contributed by atoms with E-state index in [9.17, 15) is 9.59 Å². The number of aromatic nitrogens is 4. The molecule has 1 fully saturated rings. The lowest BCUT2D eigenvalue weighted by Crippen LogP contribution is -2.47. The zero-order valence-electron chi connectivity index (χ0n) is 19.3. The highest BCUT2D eigenvalue weighted by atomic mass is 16.2. The summed E-state index contributed by atoms with van der Waals surface area (Å²) >= 11 is 0. The lowest BCUT2D eigenvalue weighted by Gasteiger charge is -2.40. The first kappa shape index (κ1) is 22.3. The fourth-order valence-corrected chi connectivity index (χ4v) is 4.19. The van der Waals surface area contributed by atoms with Gasteiger partial charge in [-0.25, -0.2) is 19.7 Å². The molecule has 0 saturated carbocycles. The number of aromatic amines is 1. The number of nitrogens with one attached hydrogen (secondary N) is 3. The fraction of sp³-hybridized carbons (Fsp3) is 0.192. The molecule has 0 atom stereocenters. The quantitative estimate of drug-likeness (QED) is 0.343. The summed E-state index contributed by atoms with van der Waals surface area (Å²) in [5.41, 5.74) is 5.24. The Morgan fingerprint density at radius 2 is 1.91 bits per heavy atom. The number of H-pyrrole nitrogens is 1. The third-order valence-corrected chi connectivity index (χ3v) is 6.10. The summed E-state index contributed by atoms with van der Waals surface area (Å²) in [4.78, 5) is 42.2. The Kier molecular flexibility index (Phi) is 5.97. The van der Waals surface area contributed by atoms with Gasteiger partial charge in [0.1, 0.15) is 17.8 Å². The number of urea groups is 1. The topological polar surface area (TPSA) is 116 Å². The number of fused-ring (bicyclic) bond motifs is 1. The largest absolute Gasteiger partial charge is 0.371 e. The van der Waals surface area contributed by atoms with Crippen molar-refractivity contribution in [3.05, 3.63) is 73.3 Å². The third kappa shape index (κ3) is 4.89. The van der Waals surface area contributed by atoms with Crippen molar-refractivity contribution >= 4 is 40.0 Å². The van der Waals surface area contributed by atoms with Gasteiger partial charge in [-0.15, -0.1) is 0 Å². The summed E-state index contributed by atoms with van der Waals surface area (Å²) in [5.74, 6) is 0.858. The second-order valence-corrected chi connectivity index (χ2v) is 8.61. The van der Waals surface area contributed by atoms with Crippen molar-refractivity contribution in [1.29, 1.82) is 0 Å². The zero-order chi connectivity index (χ0) is 24.4. The van der Waals surface area contributed by atoms with Gasteiger partial charge in [-0.1, -0.05) is 18.7 Å². The van der Waals surface area contributed by atoms with Crippen molar-refractivity contribution < 1.29 is 9.59 Å². The SMILES string of the molecule is C=CC(=O)CC1CN(c2ccnc(NC(=O)Nc3ccc(-c4cc5c(C)ncnc5[nH]4)cc3)c2)C1.